The predicted octanol–water partition coefficient (Wildman–Crippen LogP) is 0.873. The quantitative estimate of drug-likeness (QED) is 0.711. The van der Waals surface area contributed by atoms with Crippen molar-refractivity contribution < 1.29 is 13.6 Å². The Morgan fingerprint density at radius 3 is 2.64 bits per heavy atom. The molecular weight excluding hydrogens is 192 g/mol. The molecule has 1 aromatic rings. The van der Waals surface area contributed by atoms with Gasteiger partial charge in [0.1, 0.15) is 5.82 Å². The molecule has 0 radical (unpaired) electrons. The third-order valence-corrected chi connectivity index (χ3v) is 1.75. The van der Waals surface area contributed by atoms with Gasteiger partial charge in [0.05, 0.1) is 11.3 Å². The summed E-state index contributed by atoms with van der Waals surface area (Å²) in [6.45, 7) is -0.136. The highest BCUT2D eigenvalue weighted by Crippen LogP contribution is 2.24. The van der Waals surface area contributed by atoms with Crippen LogP contribution in [0.25, 0.3) is 0 Å². The molecule has 0 atom stereocenters. The first kappa shape index (κ1) is 10.5. The lowest BCUT2D eigenvalue weighted by Gasteiger charge is -2.08. The second-order valence-electron chi connectivity index (χ2n) is 2.62. The number of rotatable bonds is 3. The molecule has 0 amide bonds. The number of nitrogens with zero attached hydrogens (tertiary/aromatic N) is 1. The average Bonchev–Trinajstić information content (AvgIpc) is 2.16. The van der Waals surface area contributed by atoms with E-state index in [1.807, 2.05) is 0 Å². The zero-order valence-corrected chi connectivity index (χ0v) is 7.21. The molecule has 1 rings (SSSR count). The van der Waals surface area contributed by atoms with Crippen LogP contribution in [0.5, 0.6) is 0 Å². The van der Waals surface area contributed by atoms with Crippen LogP contribution in [0, 0.1) is 0 Å². The first-order chi connectivity index (χ1) is 6.60. The van der Waals surface area contributed by atoms with Crippen molar-refractivity contribution in [2.24, 2.45) is 5.73 Å². The van der Waals surface area contributed by atoms with Crippen LogP contribution in [-0.2, 0) is 6.54 Å². The number of nitrogen functional groups attached to an aromatic ring is 1. The fourth-order valence-electron chi connectivity index (χ4n) is 1.05. The van der Waals surface area contributed by atoms with Crippen molar-refractivity contribution in [2.75, 3.05) is 5.73 Å². The first-order valence-corrected chi connectivity index (χ1v) is 3.82. The Kier molecular flexibility index (Phi) is 3.08. The van der Waals surface area contributed by atoms with E-state index in [4.69, 9.17) is 11.5 Å². The lowest BCUT2D eigenvalue weighted by Crippen LogP contribution is -2.09. The van der Waals surface area contributed by atoms with E-state index in [0.717, 1.165) is 6.07 Å². The number of anilines is 1. The molecule has 1 heterocycles. The molecule has 0 aliphatic carbocycles. The van der Waals surface area contributed by atoms with Gasteiger partial charge in [-0.15, -0.1) is 0 Å². The molecule has 0 saturated carbocycles. The maximum Gasteiger partial charge on any atom is 0.265 e. The van der Waals surface area contributed by atoms with Crippen LogP contribution >= 0.6 is 0 Å². The highest BCUT2D eigenvalue weighted by Gasteiger charge is 2.16. The zero-order valence-electron chi connectivity index (χ0n) is 7.21. The van der Waals surface area contributed by atoms with Crippen LogP contribution in [0.2, 0.25) is 0 Å². The van der Waals surface area contributed by atoms with Crippen molar-refractivity contribution >= 4 is 12.1 Å². The number of carbonyl (C=O) groups excluding carboxylic acids is 1. The lowest BCUT2D eigenvalue weighted by atomic mass is 10.1. The molecule has 0 aliphatic rings. The molecule has 1 aromatic heterocycles. The summed E-state index contributed by atoms with van der Waals surface area (Å²) in [5.41, 5.74) is 10.2. The third-order valence-electron chi connectivity index (χ3n) is 1.75. The number of nitrogens with two attached hydrogens (primary N) is 2. The molecule has 76 valence electrons. The summed E-state index contributed by atoms with van der Waals surface area (Å²) in [7, 11) is 0. The van der Waals surface area contributed by atoms with Crippen molar-refractivity contribution in [3.8, 4) is 0 Å². The second kappa shape index (κ2) is 4.10. The summed E-state index contributed by atoms with van der Waals surface area (Å²) in [4.78, 5) is 14.0. The number of pyridine rings is 1. The van der Waals surface area contributed by atoms with Crippen LogP contribution in [0.1, 0.15) is 28.0 Å². The fraction of sp³-hybridized carbons (Fsp3) is 0.250. The maximum absolute atomic E-state index is 12.4. The van der Waals surface area contributed by atoms with Crippen molar-refractivity contribution in [1.29, 1.82) is 0 Å². The topological polar surface area (TPSA) is 82.0 Å². The Morgan fingerprint density at radius 2 is 2.21 bits per heavy atom. The Balaban J connectivity index is 3.32. The van der Waals surface area contributed by atoms with Crippen molar-refractivity contribution in [3.05, 3.63) is 22.9 Å². The van der Waals surface area contributed by atoms with Crippen molar-refractivity contribution in [1.82, 2.24) is 4.98 Å². The molecule has 14 heavy (non-hydrogen) atoms. The van der Waals surface area contributed by atoms with E-state index in [1.165, 1.54) is 0 Å². The van der Waals surface area contributed by atoms with E-state index in [9.17, 15) is 13.6 Å². The number of carbonyl (C=O) groups is 1. The van der Waals surface area contributed by atoms with Gasteiger partial charge in [-0.25, -0.2) is 13.8 Å². The second-order valence-corrected chi connectivity index (χ2v) is 2.62. The van der Waals surface area contributed by atoms with E-state index >= 15 is 0 Å². The number of aldehydes is 1. The highest BCUT2D eigenvalue weighted by atomic mass is 19.3. The van der Waals surface area contributed by atoms with Gasteiger partial charge in [0.15, 0.2) is 6.29 Å². The monoisotopic (exact) mass is 201 g/mol. The minimum atomic E-state index is -2.71. The maximum atomic E-state index is 12.4. The minimum absolute atomic E-state index is 0.0168. The van der Waals surface area contributed by atoms with Crippen molar-refractivity contribution in [3.63, 3.8) is 0 Å². The smallest absolute Gasteiger partial charge is 0.265 e. The van der Waals surface area contributed by atoms with E-state index in [-0.39, 0.29) is 29.2 Å². The van der Waals surface area contributed by atoms with Gasteiger partial charge < -0.3 is 11.5 Å². The SMILES string of the molecule is NCc1nc(N)c(C=O)cc1C(F)F. The van der Waals surface area contributed by atoms with Crippen molar-refractivity contribution in [2.45, 2.75) is 13.0 Å². The third kappa shape index (κ3) is 1.85. The number of hydrogen-bond donors (Lipinski definition) is 2. The molecule has 0 aromatic carbocycles. The Morgan fingerprint density at radius 1 is 1.57 bits per heavy atom. The molecule has 0 unspecified atom stereocenters. The van der Waals surface area contributed by atoms with Crippen LogP contribution in [0.4, 0.5) is 14.6 Å². The van der Waals surface area contributed by atoms with Crippen LogP contribution in [-0.4, -0.2) is 11.3 Å². The van der Waals surface area contributed by atoms with E-state index in [1.54, 1.807) is 0 Å². The fourth-order valence-corrected chi connectivity index (χ4v) is 1.05. The molecule has 0 fully saturated rings. The molecule has 4 N–H and O–H groups in total. The molecule has 0 aliphatic heterocycles. The molecule has 0 bridgehead atoms. The Labute approximate surface area is 78.9 Å². The summed E-state index contributed by atoms with van der Waals surface area (Å²) >= 11 is 0. The summed E-state index contributed by atoms with van der Waals surface area (Å²) in [6.07, 6.45) is -2.32. The van der Waals surface area contributed by atoms with E-state index in [0.29, 0.717) is 6.29 Å². The largest absolute Gasteiger partial charge is 0.383 e. The normalized spacial score (nSPS) is 10.6. The van der Waals surface area contributed by atoms with Gasteiger partial charge in [0.2, 0.25) is 0 Å². The first-order valence-electron chi connectivity index (χ1n) is 3.82. The summed E-state index contributed by atoms with van der Waals surface area (Å²) in [5.74, 6) is -0.0788. The van der Waals surface area contributed by atoms with Crippen LogP contribution < -0.4 is 11.5 Å². The van der Waals surface area contributed by atoms with E-state index in [2.05, 4.69) is 4.98 Å². The number of halogens is 2. The molecule has 6 heteroatoms. The minimum Gasteiger partial charge on any atom is -0.383 e. The van der Waals surface area contributed by atoms with E-state index < -0.39 is 6.43 Å². The van der Waals surface area contributed by atoms with Gasteiger partial charge in [-0.05, 0) is 6.07 Å². The Bertz CT molecular complexity index is 355. The summed E-state index contributed by atoms with van der Waals surface area (Å²) in [5, 5.41) is 0. The van der Waals surface area contributed by atoms with Gasteiger partial charge in [-0.1, -0.05) is 0 Å². The molecule has 4 nitrogen and oxygen atoms in total. The highest BCUT2D eigenvalue weighted by molar-refractivity contribution is 5.82. The number of hydrogen-bond acceptors (Lipinski definition) is 4. The zero-order chi connectivity index (χ0) is 10.7. The van der Waals surface area contributed by atoms with Crippen LogP contribution in [0.15, 0.2) is 6.07 Å². The lowest BCUT2D eigenvalue weighted by molar-refractivity contribution is 0.112. The standard InChI is InChI=1S/C8H9F2N3O/c9-7(10)5-1-4(3-14)8(12)13-6(5)2-11/h1,3,7H,2,11H2,(H2,12,13). The Hall–Kier alpha value is -1.56. The summed E-state index contributed by atoms with van der Waals surface area (Å²) in [6, 6.07) is 1.02. The molecular formula is C8H9F2N3O. The van der Waals surface area contributed by atoms with Gasteiger partial charge >= 0.3 is 0 Å². The molecule has 0 saturated heterocycles. The average molecular weight is 201 g/mol. The van der Waals surface area contributed by atoms with Gasteiger partial charge in [0.25, 0.3) is 6.43 Å². The number of aromatic nitrogens is 1. The van der Waals surface area contributed by atoms with Gasteiger partial charge in [-0.2, -0.15) is 0 Å². The van der Waals surface area contributed by atoms with Gasteiger partial charge in [-0.3, -0.25) is 4.79 Å². The van der Waals surface area contributed by atoms with Gasteiger partial charge in [0, 0.05) is 12.1 Å². The predicted molar refractivity (Wildman–Crippen MR) is 46.9 cm³/mol. The van der Waals surface area contributed by atoms with Crippen LogP contribution in [0.3, 0.4) is 0 Å². The summed E-state index contributed by atoms with van der Waals surface area (Å²) < 4.78 is 24.8. The molecule has 0 spiro atoms. The number of alkyl halides is 2.